The number of aromatic nitrogens is 2. The largest absolute Gasteiger partial charge is 0.497 e. The number of nitrogens with zero attached hydrogens (tertiary/aromatic N) is 3. The molecule has 3 aromatic rings. The first kappa shape index (κ1) is 21.4. The highest BCUT2D eigenvalue weighted by Crippen LogP contribution is 2.33. The zero-order valence-corrected chi connectivity index (χ0v) is 16.8. The van der Waals surface area contributed by atoms with Crippen LogP contribution in [0.25, 0.3) is 5.82 Å². The van der Waals surface area contributed by atoms with Crippen LogP contribution in [0.4, 0.5) is 17.2 Å². The molecule has 2 heterocycles. The summed E-state index contributed by atoms with van der Waals surface area (Å²) in [6.45, 7) is 1.62. The van der Waals surface area contributed by atoms with Gasteiger partial charge in [-0.3, -0.25) is 10.1 Å². The minimum Gasteiger partial charge on any atom is -0.497 e. The summed E-state index contributed by atoms with van der Waals surface area (Å²) in [5.41, 5.74) is -1.26. The second kappa shape index (κ2) is 8.98. The quantitative estimate of drug-likeness (QED) is 0.321. The van der Waals surface area contributed by atoms with Gasteiger partial charge in [0.1, 0.15) is 17.7 Å². The van der Waals surface area contributed by atoms with E-state index in [4.69, 9.17) is 18.7 Å². The van der Waals surface area contributed by atoms with E-state index in [0.29, 0.717) is 17.2 Å². The normalized spacial score (nSPS) is 10.4. The molecular formula is C19H18N4O8. The maximum Gasteiger partial charge on any atom is 0.374 e. The molecule has 0 atom stereocenters. The minimum atomic E-state index is -0.978. The van der Waals surface area contributed by atoms with Crippen LogP contribution in [0.3, 0.4) is 0 Å². The monoisotopic (exact) mass is 430 g/mol. The number of nitrogens with one attached hydrogen (secondary N) is 1. The van der Waals surface area contributed by atoms with Gasteiger partial charge in [0.2, 0.25) is 0 Å². The van der Waals surface area contributed by atoms with Crippen LogP contribution in [0, 0.1) is 10.1 Å². The number of hydrogen-bond acceptors (Lipinski definition) is 10. The minimum absolute atomic E-state index is 0.0215. The van der Waals surface area contributed by atoms with Gasteiger partial charge in [-0.1, -0.05) is 0 Å². The van der Waals surface area contributed by atoms with Crippen molar-refractivity contribution in [2.24, 2.45) is 0 Å². The van der Waals surface area contributed by atoms with Gasteiger partial charge in [-0.05, 0) is 25.1 Å². The lowest BCUT2D eigenvalue weighted by Gasteiger charge is -2.14. The Hall–Kier alpha value is -4.35. The van der Waals surface area contributed by atoms with Gasteiger partial charge in [0.05, 0.1) is 31.4 Å². The van der Waals surface area contributed by atoms with Gasteiger partial charge in [0, 0.05) is 12.1 Å². The second-order valence-electron chi connectivity index (χ2n) is 5.94. The molecule has 0 saturated carbocycles. The van der Waals surface area contributed by atoms with E-state index < -0.39 is 22.1 Å². The van der Waals surface area contributed by atoms with Crippen molar-refractivity contribution in [3.63, 3.8) is 0 Å². The molecule has 1 aromatic carbocycles. The van der Waals surface area contributed by atoms with Crippen molar-refractivity contribution in [1.29, 1.82) is 0 Å². The van der Waals surface area contributed by atoms with Gasteiger partial charge in [0.15, 0.2) is 17.2 Å². The summed E-state index contributed by atoms with van der Waals surface area (Å²) in [6, 6.07) is 7.30. The standard InChI is InChI=1S/C19H18N4O8/c1-4-30-18(24)16-17(21-13-7-6-12(28-2)9-14(13)29-3)22(31-19(16)25)15-8-5-11(10-20-15)23(26)27/h5-10,21H,4H2,1-3H3. The molecule has 12 heteroatoms. The number of hydrogen-bond donors (Lipinski definition) is 1. The predicted molar refractivity (Wildman–Crippen MR) is 108 cm³/mol. The summed E-state index contributed by atoms with van der Waals surface area (Å²) < 4.78 is 21.6. The molecule has 2 aromatic heterocycles. The number of esters is 1. The molecule has 162 valence electrons. The van der Waals surface area contributed by atoms with Crippen LogP contribution in [0.15, 0.2) is 45.8 Å². The van der Waals surface area contributed by atoms with Crippen LogP contribution in [-0.2, 0) is 4.74 Å². The highest BCUT2D eigenvalue weighted by Gasteiger charge is 2.27. The highest BCUT2D eigenvalue weighted by atomic mass is 16.6. The number of carbonyl (C=O) groups is 1. The Kier molecular flexibility index (Phi) is 6.19. The van der Waals surface area contributed by atoms with E-state index in [-0.39, 0.29) is 23.9 Å². The van der Waals surface area contributed by atoms with Crippen molar-refractivity contribution in [1.82, 2.24) is 9.72 Å². The van der Waals surface area contributed by atoms with Crippen LogP contribution in [-0.4, -0.2) is 41.4 Å². The fourth-order valence-electron chi connectivity index (χ4n) is 2.67. The van der Waals surface area contributed by atoms with Crippen molar-refractivity contribution in [3.8, 4) is 17.3 Å². The zero-order chi connectivity index (χ0) is 22.5. The molecule has 0 saturated heterocycles. The van der Waals surface area contributed by atoms with Crippen molar-refractivity contribution >= 4 is 23.2 Å². The summed E-state index contributed by atoms with van der Waals surface area (Å²) in [7, 11) is 2.93. The van der Waals surface area contributed by atoms with Crippen LogP contribution in [0.1, 0.15) is 17.3 Å². The summed E-state index contributed by atoms with van der Waals surface area (Å²) in [6.07, 6.45) is 0.997. The topological polar surface area (TPSA) is 148 Å². The van der Waals surface area contributed by atoms with E-state index in [0.717, 1.165) is 10.9 Å². The van der Waals surface area contributed by atoms with E-state index in [1.54, 1.807) is 25.1 Å². The zero-order valence-electron chi connectivity index (χ0n) is 16.8. The molecule has 0 radical (unpaired) electrons. The number of carbonyl (C=O) groups excluding carboxylic acids is 1. The maximum absolute atomic E-state index is 12.5. The summed E-state index contributed by atoms with van der Waals surface area (Å²) >= 11 is 0. The van der Waals surface area contributed by atoms with Crippen molar-refractivity contribution in [2.75, 3.05) is 26.1 Å². The summed E-state index contributed by atoms with van der Waals surface area (Å²) in [5, 5.41) is 13.8. The fourth-order valence-corrected chi connectivity index (χ4v) is 2.67. The van der Waals surface area contributed by atoms with Crippen LogP contribution < -0.4 is 20.4 Å². The van der Waals surface area contributed by atoms with Gasteiger partial charge >= 0.3 is 11.6 Å². The Labute approximate surface area is 175 Å². The van der Waals surface area contributed by atoms with Crippen LogP contribution >= 0.6 is 0 Å². The molecule has 0 fully saturated rings. The molecule has 0 bridgehead atoms. The van der Waals surface area contributed by atoms with Crippen molar-refractivity contribution in [3.05, 3.63) is 62.6 Å². The molecule has 3 rings (SSSR count). The first-order chi connectivity index (χ1) is 14.9. The number of anilines is 2. The fraction of sp³-hybridized carbons (Fsp3) is 0.211. The Bertz CT molecular complexity index is 1170. The Morgan fingerprint density at radius 2 is 2.03 bits per heavy atom. The van der Waals surface area contributed by atoms with Gasteiger partial charge < -0.3 is 24.1 Å². The third kappa shape index (κ3) is 4.32. The van der Waals surface area contributed by atoms with Crippen LogP contribution in [0.5, 0.6) is 11.5 Å². The summed E-state index contributed by atoms with van der Waals surface area (Å²) in [4.78, 5) is 39.1. The number of pyridine rings is 1. The Balaban J connectivity index is 2.15. The average Bonchev–Trinajstić information content (AvgIpc) is 3.10. The maximum atomic E-state index is 12.5. The van der Waals surface area contributed by atoms with E-state index in [2.05, 4.69) is 10.3 Å². The molecule has 0 spiro atoms. The van der Waals surface area contributed by atoms with Gasteiger partial charge in [-0.15, -0.1) is 4.74 Å². The molecule has 0 unspecified atom stereocenters. The average molecular weight is 430 g/mol. The first-order valence-electron chi connectivity index (χ1n) is 8.92. The van der Waals surface area contributed by atoms with Gasteiger partial charge in [0.25, 0.3) is 5.69 Å². The van der Waals surface area contributed by atoms with Crippen molar-refractivity contribution < 1.29 is 28.5 Å². The lowest BCUT2D eigenvalue weighted by molar-refractivity contribution is -0.385. The number of methoxy groups -OCH3 is 2. The molecule has 0 amide bonds. The lowest BCUT2D eigenvalue weighted by Crippen LogP contribution is -2.15. The SMILES string of the molecule is CCOC(=O)c1c(Nc2ccc(OC)cc2OC)n(-c2ccc([N+](=O)[O-])cn2)oc1=O. The molecule has 0 aliphatic heterocycles. The van der Waals surface area contributed by atoms with Gasteiger partial charge in [-0.25, -0.2) is 14.6 Å². The number of ether oxygens (including phenoxy) is 3. The molecule has 1 N–H and O–H groups in total. The highest BCUT2D eigenvalue weighted by molar-refractivity contribution is 5.95. The third-order valence-corrected chi connectivity index (χ3v) is 4.11. The number of rotatable bonds is 8. The van der Waals surface area contributed by atoms with E-state index in [1.165, 1.54) is 26.4 Å². The van der Waals surface area contributed by atoms with Gasteiger partial charge in [-0.2, -0.15) is 0 Å². The predicted octanol–water partition coefficient (Wildman–Crippen LogP) is 2.67. The Morgan fingerprint density at radius 1 is 1.26 bits per heavy atom. The summed E-state index contributed by atoms with van der Waals surface area (Å²) in [5.74, 6) is -0.103. The Morgan fingerprint density at radius 3 is 2.61 bits per heavy atom. The molecule has 0 aliphatic rings. The molecule has 0 aliphatic carbocycles. The second-order valence-corrected chi connectivity index (χ2v) is 5.94. The van der Waals surface area contributed by atoms with Crippen molar-refractivity contribution in [2.45, 2.75) is 6.92 Å². The lowest BCUT2D eigenvalue weighted by atomic mass is 10.2. The van der Waals surface area contributed by atoms with E-state index in [1.807, 2.05) is 0 Å². The number of benzene rings is 1. The van der Waals surface area contributed by atoms with E-state index >= 15 is 0 Å². The number of nitro groups is 1. The first-order valence-corrected chi connectivity index (χ1v) is 8.92. The molecule has 12 nitrogen and oxygen atoms in total. The molecular weight excluding hydrogens is 412 g/mol. The van der Waals surface area contributed by atoms with E-state index in [9.17, 15) is 19.7 Å². The third-order valence-electron chi connectivity index (χ3n) is 4.11. The smallest absolute Gasteiger partial charge is 0.374 e. The van der Waals surface area contributed by atoms with Crippen LogP contribution in [0.2, 0.25) is 0 Å². The molecule has 31 heavy (non-hydrogen) atoms.